The van der Waals surface area contributed by atoms with Crippen LogP contribution in [-0.2, 0) is 0 Å². The molecule has 0 atom stereocenters. The van der Waals surface area contributed by atoms with Gasteiger partial charge in [0.2, 0.25) is 0 Å². The Labute approximate surface area is 100 Å². The SMILES string of the molecule is CC1=C(CC/C=C(\C)CO)C(C)(C)CCC1. The van der Waals surface area contributed by atoms with Crippen molar-refractivity contribution in [2.24, 2.45) is 5.41 Å². The summed E-state index contributed by atoms with van der Waals surface area (Å²) in [7, 11) is 0. The standard InChI is InChI=1S/C15H26O/c1-12(11-16)7-5-9-14-13(2)8-6-10-15(14,3)4/h7,16H,5-6,8-11H2,1-4H3/b12-7+. The van der Waals surface area contributed by atoms with Crippen LogP contribution in [0.5, 0.6) is 0 Å². The van der Waals surface area contributed by atoms with E-state index in [1.54, 1.807) is 11.1 Å². The Kier molecular flexibility index (Phi) is 4.79. The van der Waals surface area contributed by atoms with Gasteiger partial charge in [-0.3, -0.25) is 0 Å². The van der Waals surface area contributed by atoms with Crippen LogP contribution in [0.3, 0.4) is 0 Å². The number of hydrogen-bond donors (Lipinski definition) is 1. The first-order chi connectivity index (χ1) is 7.47. The molecule has 0 spiro atoms. The Bertz CT molecular complexity index is 295. The van der Waals surface area contributed by atoms with Crippen LogP contribution >= 0.6 is 0 Å². The second kappa shape index (κ2) is 5.67. The molecule has 0 aromatic rings. The number of aliphatic hydroxyl groups excluding tert-OH is 1. The molecule has 0 heterocycles. The molecule has 1 aliphatic rings. The van der Waals surface area contributed by atoms with Gasteiger partial charge in [0.15, 0.2) is 0 Å². The van der Waals surface area contributed by atoms with Gasteiger partial charge in [-0.05, 0) is 51.4 Å². The fourth-order valence-electron chi connectivity index (χ4n) is 2.75. The van der Waals surface area contributed by atoms with Crippen LogP contribution in [0, 0.1) is 5.41 Å². The molecule has 0 saturated heterocycles. The molecule has 1 N–H and O–H groups in total. The smallest absolute Gasteiger partial charge is 0.0639 e. The molecule has 0 bridgehead atoms. The average molecular weight is 222 g/mol. The highest BCUT2D eigenvalue weighted by atomic mass is 16.3. The summed E-state index contributed by atoms with van der Waals surface area (Å²) in [4.78, 5) is 0. The second-order valence-electron chi connectivity index (χ2n) is 5.74. The minimum absolute atomic E-state index is 0.196. The van der Waals surface area contributed by atoms with Gasteiger partial charge in [-0.2, -0.15) is 0 Å². The minimum atomic E-state index is 0.196. The summed E-state index contributed by atoms with van der Waals surface area (Å²) < 4.78 is 0. The molecule has 92 valence electrons. The van der Waals surface area contributed by atoms with Crippen molar-refractivity contribution >= 4 is 0 Å². The highest BCUT2D eigenvalue weighted by Gasteiger charge is 2.27. The number of hydrogen-bond acceptors (Lipinski definition) is 1. The molecule has 1 rings (SSSR count). The van der Waals surface area contributed by atoms with Gasteiger partial charge < -0.3 is 5.11 Å². The zero-order valence-corrected chi connectivity index (χ0v) is 11.3. The zero-order valence-electron chi connectivity index (χ0n) is 11.3. The lowest BCUT2D eigenvalue weighted by atomic mass is 9.71. The topological polar surface area (TPSA) is 20.2 Å². The maximum atomic E-state index is 8.95. The highest BCUT2D eigenvalue weighted by molar-refractivity contribution is 5.23. The van der Waals surface area contributed by atoms with Crippen molar-refractivity contribution in [3.63, 3.8) is 0 Å². The van der Waals surface area contributed by atoms with Crippen LogP contribution in [0.4, 0.5) is 0 Å². The van der Waals surface area contributed by atoms with Crippen molar-refractivity contribution in [1.82, 2.24) is 0 Å². The van der Waals surface area contributed by atoms with Crippen LogP contribution in [0.25, 0.3) is 0 Å². The summed E-state index contributed by atoms with van der Waals surface area (Å²) in [6.45, 7) is 9.22. The first kappa shape index (κ1) is 13.5. The lowest BCUT2D eigenvalue weighted by Gasteiger charge is -2.34. The molecule has 0 amide bonds. The van der Waals surface area contributed by atoms with E-state index in [0.29, 0.717) is 5.41 Å². The van der Waals surface area contributed by atoms with Gasteiger partial charge in [0.05, 0.1) is 6.61 Å². The molecular weight excluding hydrogens is 196 g/mol. The lowest BCUT2D eigenvalue weighted by molar-refractivity contribution is 0.330. The van der Waals surface area contributed by atoms with E-state index in [2.05, 4.69) is 26.8 Å². The Morgan fingerprint density at radius 2 is 2.12 bits per heavy atom. The summed E-state index contributed by atoms with van der Waals surface area (Å²) in [5.74, 6) is 0. The van der Waals surface area contributed by atoms with Crippen LogP contribution < -0.4 is 0 Å². The Morgan fingerprint density at radius 1 is 1.44 bits per heavy atom. The van der Waals surface area contributed by atoms with Gasteiger partial charge in [0.1, 0.15) is 0 Å². The van der Waals surface area contributed by atoms with Crippen LogP contribution in [-0.4, -0.2) is 11.7 Å². The fraction of sp³-hybridized carbons (Fsp3) is 0.733. The van der Waals surface area contributed by atoms with Gasteiger partial charge in [0.25, 0.3) is 0 Å². The first-order valence-corrected chi connectivity index (χ1v) is 6.43. The lowest BCUT2D eigenvalue weighted by Crippen LogP contribution is -2.20. The van der Waals surface area contributed by atoms with Crippen molar-refractivity contribution in [3.8, 4) is 0 Å². The van der Waals surface area contributed by atoms with E-state index < -0.39 is 0 Å². The molecule has 0 radical (unpaired) electrons. The van der Waals surface area contributed by atoms with Gasteiger partial charge in [-0.1, -0.05) is 36.6 Å². The molecule has 0 aromatic heterocycles. The Morgan fingerprint density at radius 3 is 2.69 bits per heavy atom. The van der Waals surface area contributed by atoms with Crippen LogP contribution in [0.15, 0.2) is 22.8 Å². The van der Waals surface area contributed by atoms with Crippen molar-refractivity contribution in [1.29, 1.82) is 0 Å². The minimum Gasteiger partial charge on any atom is -0.392 e. The van der Waals surface area contributed by atoms with E-state index in [1.165, 1.54) is 19.3 Å². The molecule has 0 unspecified atom stereocenters. The molecule has 16 heavy (non-hydrogen) atoms. The predicted molar refractivity (Wildman–Crippen MR) is 70.4 cm³/mol. The van der Waals surface area contributed by atoms with Crippen molar-refractivity contribution in [2.45, 2.75) is 59.8 Å². The molecule has 1 aliphatic carbocycles. The molecular formula is C15H26O. The third-order valence-electron chi connectivity index (χ3n) is 3.82. The van der Waals surface area contributed by atoms with Crippen molar-refractivity contribution in [2.75, 3.05) is 6.61 Å². The van der Waals surface area contributed by atoms with E-state index >= 15 is 0 Å². The number of aliphatic hydroxyl groups is 1. The van der Waals surface area contributed by atoms with E-state index in [9.17, 15) is 0 Å². The highest BCUT2D eigenvalue weighted by Crippen LogP contribution is 2.42. The van der Waals surface area contributed by atoms with Gasteiger partial charge in [0, 0.05) is 0 Å². The maximum Gasteiger partial charge on any atom is 0.0639 e. The maximum absolute atomic E-state index is 8.95. The normalized spacial score (nSPS) is 21.4. The number of allylic oxidation sites excluding steroid dienone is 3. The fourth-order valence-corrected chi connectivity index (χ4v) is 2.75. The van der Waals surface area contributed by atoms with E-state index in [1.807, 2.05) is 6.92 Å². The molecule has 1 nitrogen and oxygen atoms in total. The van der Waals surface area contributed by atoms with E-state index in [4.69, 9.17) is 5.11 Å². The zero-order chi connectivity index (χ0) is 12.2. The Balaban J connectivity index is 2.64. The summed E-state index contributed by atoms with van der Waals surface area (Å²) in [5.41, 5.74) is 4.74. The van der Waals surface area contributed by atoms with Gasteiger partial charge in [-0.25, -0.2) is 0 Å². The van der Waals surface area contributed by atoms with Crippen molar-refractivity contribution < 1.29 is 5.11 Å². The summed E-state index contributed by atoms with van der Waals surface area (Å²) >= 11 is 0. The van der Waals surface area contributed by atoms with E-state index in [0.717, 1.165) is 18.4 Å². The average Bonchev–Trinajstić information content (AvgIpc) is 2.21. The Hall–Kier alpha value is -0.560. The van der Waals surface area contributed by atoms with Crippen LogP contribution in [0.1, 0.15) is 59.8 Å². The van der Waals surface area contributed by atoms with Crippen LogP contribution in [0.2, 0.25) is 0 Å². The third-order valence-corrected chi connectivity index (χ3v) is 3.82. The van der Waals surface area contributed by atoms with Crippen molar-refractivity contribution in [3.05, 3.63) is 22.8 Å². The van der Waals surface area contributed by atoms with Gasteiger partial charge in [-0.15, -0.1) is 0 Å². The first-order valence-electron chi connectivity index (χ1n) is 6.43. The molecule has 0 aliphatic heterocycles. The molecule has 0 fully saturated rings. The molecule has 1 heteroatoms. The summed E-state index contributed by atoms with van der Waals surface area (Å²) in [6.07, 6.45) is 8.35. The quantitative estimate of drug-likeness (QED) is 0.706. The summed E-state index contributed by atoms with van der Waals surface area (Å²) in [5, 5.41) is 8.95. The second-order valence-corrected chi connectivity index (χ2v) is 5.74. The largest absolute Gasteiger partial charge is 0.392 e. The third kappa shape index (κ3) is 3.48. The number of rotatable bonds is 4. The monoisotopic (exact) mass is 222 g/mol. The molecule has 0 saturated carbocycles. The van der Waals surface area contributed by atoms with Gasteiger partial charge >= 0.3 is 0 Å². The van der Waals surface area contributed by atoms with E-state index in [-0.39, 0.29) is 6.61 Å². The predicted octanol–water partition coefficient (Wildman–Crippen LogP) is 4.23. The summed E-state index contributed by atoms with van der Waals surface area (Å²) in [6, 6.07) is 0. The molecule has 0 aromatic carbocycles.